The minimum Gasteiger partial charge on any atom is -0.337 e. The minimum atomic E-state index is 0.0703. The van der Waals surface area contributed by atoms with Crippen LogP contribution in [0.3, 0.4) is 0 Å². The summed E-state index contributed by atoms with van der Waals surface area (Å²) in [4.78, 5) is 18.3. The van der Waals surface area contributed by atoms with E-state index in [1.165, 1.54) is 0 Å². The molecule has 1 amide bonds. The van der Waals surface area contributed by atoms with Crippen molar-refractivity contribution >= 4 is 28.7 Å². The van der Waals surface area contributed by atoms with E-state index in [9.17, 15) is 4.79 Å². The van der Waals surface area contributed by atoms with Crippen LogP contribution in [0.2, 0.25) is 0 Å². The van der Waals surface area contributed by atoms with Gasteiger partial charge in [-0.3, -0.25) is 9.89 Å². The molecular weight excluding hydrogens is 236 g/mol. The van der Waals surface area contributed by atoms with E-state index in [1.54, 1.807) is 12.4 Å². The molecule has 1 fully saturated rings. The zero-order valence-electron chi connectivity index (χ0n) is 9.22. The Labute approximate surface area is 103 Å². The molecule has 88 valence electrons. The van der Waals surface area contributed by atoms with Crippen molar-refractivity contribution in [3.8, 4) is 0 Å². The first-order valence-electron chi connectivity index (χ1n) is 5.51. The van der Waals surface area contributed by atoms with E-state index in [2.05, 4.69) is 15.2 Å². The maximum absolute atomic E-state index is 12.2. The SMILES string of the molecule is O=C(c1cnc2[nH]ncc2c1)N1CCSCC1. The van der Waals surface area contributed by atoms with E-state index in [4.69, 9.17) is 0 Å². The van der Waals surface area contributed by atoms with Gasteiger partial charge in [0.2, 0.25) is 0 Å². The molecule has 1 aliphatic rings. The lowest BCUT2D eigenvalue weighted by Crippen LogP contribution is -2.37. The average molecular weight is 248 g/mol. The number of carbonyl (C=O) groups is 1. The third-order valence-corrected chi connectivity index (χ3v) is 3.78. The van der Waals surface area contributed by atoms with Gasteiger partial charge < -0.3 is 4.90 Å². The molecule has 0 unspecified atom stereocenters. The average Bonchev–Trinajstić information content (AvgIpc) is 2.86. The number of amides is 1. The molecular formula is C11H12N4OS. The number of hydrogen-bond donors (Lipinski definition) is 1. The van der Waals surface area contributed by atoms with Gasteiger partial charge in [0.15, 0.2) is 5.65 Å². The molecule has 6 heteroatoms. The third kappa shape index (κ3) is 2.00. The number of pyridine rings is 1. The number of aromatic amines is 1. The fraction of sp³-hybridized carbons (Fsp3) is 0.364. The summed E-state index contributed by atoms with van der Waals surface area (Å²) in [6.07, 6.45) is 3.30. The number of hydrogen-bond acceptors (Lipinski definition) is 4. The van der Waals surface area contributed by atoms with Crippen molar-refractivity contribution in [2.75, 3.05) is 24.6 Å². The standard InChI is InChI=1S/C11H12N4OS/c16-11(15-1-3-17-4-2-15)9-5-8-7-13-14-10(8)12-6-9/h5-7H,1-4H2,(H,12,13,14). The van der Waals surface area contributed by atoms with Crippen molar-refractivity contribution in [2.45, 2.75) is 0 Å². The van der Waals surface area contributed by atoms with Gasteiger partial charge in [0.05, 0.1) is 11.8 Å². The second kappa shape index (κ2) is 4.37. The lowest BCUT2D eigenvalue weighted by molar-refractivity contribution is 0.0772. The van der Waals surface area contributed by atoms with Gasteiger partial charge in [0.1, 0.15) is 0 Å². The molecule has 0 bridgehead atoms. The molecule has 2 aromatic rings. The van der Waals surface area contributed by atoms with E-state index in [0.29, 0.717) is 5.56 Å². The van der Waals surface area contributed by atoms with Crippen LogP contribution in [0.1, 0.15) is 10.4 Å². The van der Waals surface area contributed by atoms with Gasteiger partial charge in [0.25, 0.3) is 5.91 Å². The number of H-pyrrole nitrogens is 1. The van der Waals surface area contributed by atoms with Gasteiger partial charge in [-0.1, -0.05) is 0 Å². The summed E-state index contributed by atoms with van der Waals surface area (Å²) in [5.41, 5.74) is 1.36. The highest BCUT2D eigenvalue weighted by molar-refractivity contribution is 7.99. The maximum atomic E-state index is 12.2. The van der Waals surface area contributed by atoms with Crippen molar-refractivity contribution in [3.63, 3.8) is 0 Å². The molecule has 0 aromatic carbocycles. The molecule has 1 N–H and O–H groups in total. The molecule has 1 aliphatic heterocycles. The normalized spacial score (nSPS) is 16.4. The molecule has 3 rings (SSSR count). The molecule has 3 heterocycles. The number of thioether (sulfide) groups is 1. The van der Waals surface area contributed by atoms with E-state index in [1.807, 2.05) is 22.7 Å². The summed E-state index contributed by atoms with van der Waals surface area (Å²) in [6.45, 7) is 1.65. The van der Waals surface area contributed by atoms with Crippen molar-refractivity contribution in [1.29, 1.82) is 0 Å². The summed E-state index contributed by atoms with van der Waals surface area (Å²) >= 11 is 1.89. The van der Waals surface area contributed by atoms with Crippen LogP contribution < -0.4 is 0 Å². The highest BCUT2D eigenvalue weighted by Gasteiger charge is 2.18. The summed E-state index contributed by atoms with van der Waals surface area (Å²) < 4.78 is 0. The van der Waals surface area contributed by atoms with Crippen LogP contribution in [0.4, 0.5) is 0 Å². The number of fused-ring (bicyclic) bond motifs is 1. The second-order valence-corrected chi connectivity index (χ2v) is 5.16. The predicted molar refractivity (Wildman–Crippen MR) is 67.1 cm³/mol. The first-order valence-corrected chi connectivity index (χ1v) is 6.66. The minimum absolute atomic E-state index is 0.0703. The van der Waals surface area contributed by atoms with Crippen LogP contribution in [0.5, 0.6) is 0 Å². The molecule has 2 aromatic heterocycles. The molecule has 0 saturated carbocycles. The largest absolute Gasteiger partial charge is 0.337 e. The lowest BCUT2D eigenvalue weighted by atomic mass is 10.2. The fourth-order valence-electron chi connectivity index (χ4n) is 1.90. The van der Waals surface area contributed by atoms with Gasteiger partial charge >= 0.3 is 0 Å². The van der Waals surface area contributed by atoms with Gasteiger partial charge in [-0.15, -0.1) is 0 Å². The first-order chi connectivity index (χ1) is 8.34. The maximum Gasteiger partial charge on any atom is 0.255 e. The Bertz CT molecular complexity index is 547. The van der Waals surface area contributed by atoms with Gasteiger partial charge in [-0.05, 0) is 6.07 Å². The van der Waals surface area contributed by atoms with Crippen LogP contribution in [0.25, 0.3) is 11.0 Å². The van der Waals surface area contributed by atoms with E-state index in [-0.39, 0.29) is 5.91 Å². The monoisotopic (exact) mass is 248 g/mol. The van der Waals surface area contributed by atoms with Gasteiger partial charge in [0, 0.05) is 36.2 Å². The van der Waals surface area contributed by atoms with E-state index >= 15 is 0 Å². The van der Waals surface area contributed by atoms with Crippen LogP contribution >= 0.6 is 11.8 Å². The second-order valence-electron chi connectivity index (χ2n) is 3.94. The zero-order valence-corrected chi connectivity index (χ0v) is 10.0. The highest BCUT2D eigenvalue weighted by atomic mass is 32.2. The Balaban J connectivity index is 1.88. The number of aromatic nitrogens is 3. The quantitative estimate of drug-likeness (QED) is 0.822. The smallest absolute Gasteiger partial charge is 0.255 e. The van der Waals surface area contributed by atoms with Gasteiger partial charge in [-0.25, -0.2) is 4.98 Å². The van der Waals surface area contributed by atoms with Crippen molar-refractivity contribution < 1.29 is 4.79 Å². The Morgan fingerprint density at radius 1 is 1.35 bits per heavy atom. The fourth-order valence-corrected chi connectivity index (χ4v) is 2.81. The predicted octanol–water partition coefficient (Wildman–Crippen LogP) is 1.15. The van der Waals surface area contributed by atoms with Crippen molar-refractivity contribution in [2.24, 2.45) is 0 Å². The summed E-state index contributed by atoms with van der Waals surface area (Å²) in [5, 5.41) is 7.55. The molecule has 0 atom stereocenters. The summed E-state index contributed by atoms with van der Waals surface area (Å²) in [7, 11) is 0. The Kier molecular flexibility index (Phi) is 2.72. The number of nitrogens with one attached hydrogen (secondary N) is 1. The van der Waals surface area contributed by atoms with Crippen LogP contribution in [0, 0.1) is 0 Å². The topological polar surface area (TPSA) is 61.9 Å². The number of carbonyl (C=O) groups excluding carboxylic acids is 1. The number of rotatable bonds is 1. The summed E-state index contributed by atoms with van der Waals surface area (Å²) in [5.74, 6) is 2.11. The highest BCUT2D eigenvalue weighted by Crippen LogP contribution is 2.15. The Morgan fingerprint density at radius 3 is 3.00 bits per heavy atom. The Morgan fingerprint density at radius 2 is 2.18 bits per heavy atom. The van der Waals surface area contributed by atoms with Crippen LogP contribution in [-0.4, -0.2) is 50.6 Å². The van der Waals surface area contributed by atoms with E-state index in [0.717, 1.165) is 35.6 Å². The zero-order chi connectivity index (χ0) is 11.7. The number of nitrogens with zero attached hydrogens (tertiary/aromatic N) is 3. The van der Waals surface area contributed by atoms with Crippen molar-refractivity contribution in [1.82, 2.24) is 20.1 Å². The first kappa shape index (κ1) is 10.6. The van der Waals surface area contributed by atoms with Gasteiger partial charge in [-0.2, -0.15) is 16.9 Å². The molecule has 1 saturated heterocycles. The summed E-state index contributed by atoms with van der Waals surface area (Å²) in [6, 6.07) is 1.84. The molecule has 0 aliphatic carbocycles. The molecule has 0 spiro atoms. The van der Waals surface area contributed by atoms with E-state index < -0.39 is 0 Å². The third-order valence-electron chi connectivity index (χ3n) is 2.84. The molecule has 0 radical (unpaired) electrons. The lowest BCUT2D eigenvalue weighted by Gasteiger charge is -2.26. The van der Waals surface area contributed by atoms with Crippen LogP contribution in [0.15, 0.2) is 18.5 Å². The van der Waals surface area contributed by atoms with Crippen LogP contribution in [-0.2, 0) is 0 Å². The molecule has 17 heavy (non-hydrogen) atoms. The van der Waals surface area contributed by atoms with Crippen molar-refractivity contribution in [3.05, 3.63) is 24.0 Å². The molecule has 5 nitrogen and oxygen atoms in total. The Hall–Kier alpha value is -1.56.